The highest BCUT2D eigenvalue weighted by Gasteiger charge is 2.23. The van der Waals surface area contributed by atoms with Crippen LogP contribution in [0.5, 0.6) is 17.2 Å². The molecule has 1 atom stereocenters. The molecular formula is C15H23NO5. The zero-order valence-corrected chi connectivity index (χ0v) is 13.1. The maximum Gasteiger partial charge on any atom is 0.255 e. The molecule has 0 aliphatic rings. The predicted molar refractivity (Wildman–Crippen MR) is 79.3 cm³/mol. The van der Waals surface area contributed by atoms with Crippen LogP contribution >= 0.6 is 0 Å². The van der Waals surface area contributed by atoms with Gasteiger partial charge in [-0.15, -0.1) is 0 Å². The molecular weight excluding hydrogens is 274 g/mol. The topological polar surface area (TPSA) is 77.0 Å². The summed E-state index contributed by atoms with van der Waals surface area (Å²) in [6.45, 7) is 3.72. The second kappa shape index (κ2) is 7.73. The summed E-state index contributed by atoms with van der Waals surface area (Å²) in [6, 6.07) is 2.92. The van der Waals surface area contributed by atoms with Gasteiger partial charge in [0.15, 0.2) is 11.5 Å². The highest BCUT2D eigenvalue weighted by atomic mass is 16.5. The number of carbonyl (C=O) groups excluding carboxylic acids is 1. The average molecular weight is 297 g/mol. The van der Waals surface area contributed by atoms with E-state index in [0.717, 1.165) is 0 Å². The van der Waals surface area contributed by atoms with E-state index in [1.807, 2.05) is 13.8 Å². The van der Waals surface area contributed by atoms with Crippen LogP contribution in [0.15, 0.2) is 12.1 Å². The molecule has 0 saturated heterocycles. The van der Waals surface area contributed by atoms with Gasteiger partial charge in [-0.05, 0) is 18.1 Å². The molecule has 6 nitrogen and oxygen atoms in total. The first-order valence-electron chi connectivity index (χ1n) is 6.70. The van der Waals surface area contributed by atoms with Gasteiger partial charge >= 0.3 is 0 Å². The smallest absolute Gasteiger partial charge is 0.255 e. The summed E-state index contributed by atoms with van der Waals surface area (Å²) >= 11 is 0. The standard InChI is InChI=1S/C15H23NO5/c1-9(2)11(8-17)16-15(18)10-6-7-12(19-3)14(21-5)13(10)20-4/h6-7,9,11,17H,8H2,1-5H3,(H,16,18)/t11-/m1/s1. The molecule has 0 saturated carbocycles. The Bertz CT molecular complexity index is 487. The Balaban J connectivity index is 3.15. The number of nitrogens with one attached hydrogen (secondary N) is 1. The van der Waals surface area contributed by atoms with Gasteiger partial charge in [-0.1, -0.05) is 13.8 Å². The fourth-order valence-corrected chi connectivity index (χ4v) is 1.95. The number of carbonyl (C=O) groups is 1. The zero-order valence-electron chi connectivity index (χ0n) is 13.1. The number of aliphatic hydroxyl groups excluding tert-OH is 1. The van der Waals surface area contributed by atoms with Crippen molar-refractivity contribution in [2.45, 2.75) is 19.9 Å². The Labute approximate surface area is 125 Å². The molecule has 1 rings (SSSR count). The van der Waals surface area contributed by atoms with Crippen molar-refractivity contribution in [2.75, 3.05) is 27.9 Å². The van der Waals surface area contributed by atoms with Crippen LogP contribution in [0.1, 0.15) is 24.2 Å². The van der Waals surface area contributed by atoms with E-state index in [4.69, 9.17) is 14.2 Å². The molecule has 1 aromatic rings. The molecule has 1 aromatic carbocycles. The quantitative estimate of drug-likeness (QED) is 0.797. The third-order valence-corrected chi connectivity index (χ3v) is 3.27. The van der Waals surface area contributed by atoms with Crippen molar-refractivity contribution in [3.8, 4) is 17.2 Å². The maximum absolute atomic E-state index is 12.4. The Hall–Kier alpha value is -1.95. The monoisotopic (exact) mass is 297 g/mol. The van der Waals surface area contributed by atoms with Crippen LogP contribution in [0.25, 0.3) is 0 Å². The Morgan fingerprint density at radius 2 is 1.76 bits per heavy atom. The van der Waals surface area contributed by atoms with Crippen LogP contribution in [-0.2, 0) is 0 Å². The predicted octanol–water partition coefficient (Wildman–Crippen LogP) is 1.46. The maximum atomic E-state index is 12.4. The number of aliphatic hydroxyl groups is 1. The third kappa shape index (κ3) is 3.78. The van der Waals surface area contributed by atoms with Crippen LogP contribution in [0.2, 0.25) is 0 Å². The molecule has 0 aromatic heterocycles. The number of benzene rings is 1. The van der Waals surface area contributed by atoms with Gasteiger partial charge in [-0.25, -0.2) is 0 Å². The summed E-state index contributed by atoms with van der Waals surface area (Å²) in [7, 11) is 4.45. The summed E-state index contributed by atoms with van der Waals surface area (Å²) in [4.78, 5) is 12.4. The number of amides is 1. The second-order valence-corrected chi connectivity index (χ2v) is 4.89. The van der Waals surface area contributed by atoms with Gasteiger partial charge in [0.2, 0.25) is 5.75 Å². The summed E-state index contributed by atoms with van der Waals surface area (Å²) in [6.07, 6.45) is 0. The van der Waals surface area contributed by atoms with E-state index >= 15 is 0 Å². The molecule has 1 amide bonds. The lowest BCUT2D eigenvalue weighted by molar-refractivity contribution is 0.0893. The summed E-state index contributed by atoms with van der Waals surface area (Å²) in [5.41, 5.74) is 0.328. The van der Waals surface area contributed by atoms with Crippen molar-refractivity contribution in [3.63, 3.8) is 0 Å². The lowest BCUT2D eigenvalue weighted by atomic mass is 10.0. The molecule has 21 heavy (non-hydrogen) atoms. The van der Waals surface area contributed by atoms with Crippen LogP contribution in [0.4, 0.5) is 0 Å². The molecule has 0 bridgehead atoms. The number of hydrogen-bond acceptors (Lipinski definition) is 5. The number of ether oxygens (including phenoxy) is 3. The molecule has 0 spiro atoms. The second-order valence-electron chi connectivity index (χ2n) is 4.89. The third-order valence-electron chi connectivity index (χ3n) is 3.27. The van der Waals surface area contributed by atoms with Crippen molar-refractivity contribution in [1.82, 2.24) is 5.32 Å². The largest absolute Gasteiger partial charge is 0.493 e. The average Bonchev–Trinajstić information content (AvgIpc) is 2.49. The Morgan fingerprint density at radius 3 is 2.19 bits per heavy atom. The zero-order chi connectivity index (χ0) is 16.0. The number of rotatable bonds is 7. The summed E-state index contributed by atoms with van der Waals surface area (Å²) < 4.78 is 15.7. The van der Waals surface area contributed by atoms with Crippen molar-refractivity contribution in [3.05, 3.63) is 17.7 Å². The van der Waals surface area contributed by atoms with E-state index in [1.165, 1.54) is 21.3 Å². The minimum absolute atomic E-state index is 0.116. The number of hydrogen-bond donors (Lipinski definition) is 2. The summed E-state index contributed by atoms with van der Waals surface area (Å²) in [5, 5.41) is 12.1. The molecule has 0 radical (unpaired) electrons. The minimum Gasteiger partial charge on any atom is -0.493 e. The molecule has 0 aliphatic carbocycles. The van der Waals surface area contributed by atoms with Crippen LogP contribution in [-0.4, -0.2) is 45.0 Å². The highest BCUT2D eigenvalue weighted by molar-refractivity contribution is 5.98. The molecule has 0 aliphatic heterocycles. The van der Waals surface area contributed by atoms with E-state index < -0.39 is 0 Å². The molecule has 6 heteroatoms. The molecule has 0 unspecified atom stereocenters. The SMILES string of the molecule is COc1ccc(C(=O)N[C@H](CO)C(C)C)c(OC)c1OC. The van der Waals surface area contributed by atoms with Crippen LogP contribution in [0, 0.1) is 5.92 Å². The van der Waals surface area contributed by atoms with Gasteiger partial charge in [0.1, 0.15) is 0 Å². The lowest BCUT2D eigenvalue weighted by Gasteiger charge is -2.21. The van der Waals surface area contributed by atoms with Crippen molar-refractivity contribution in [1.29, 1.82) is 0 Å². The fourth-order valence-electron chi connectivity index (χ4n) is 1.95. The van der Waals surface area contributed by atoms with Gasteiger partial charge in [-0.3, -0.25) is 4.79 Å². The Kier molecular flexibility index (Phi) is 6.30. The van der Waals surface area contributed by atoms with E-state index in [2.05, 4.69) is 5.32 Å². The van der Waals surface area contributed by atoms with Crippen LogP contribution < -0.4 is 19.5 Å². The van der Waals surface area contributed by atoms with Crippen LogP contribution in [0.3, 0.4) is 0 Å². The first-order valence-corrected chi connectivity index (χ1v) is 6.70. The first-order chi connectivity index (χ1) is 9.99. The highest BCUT2D eigenvalue weighted by Crippen LogP contribution is 2.39. The Morgan fingerprint density at radius 1 is 1.14 bits per heavy atom. The van der Waals surface area contributed by atoms with E-state index in [-0.39, 0.29) is 24.5 Å². The van der Waals surface area contributed by atoms with Crippen molar-refractivity contribution >= 4 is 5.91 Å². The molecule has 0 heterocycles. The number of methoxy groups -OCH3 is 3. The normalized spacial score (nSPS) is 12.0. The molecule has 118 valence electrons. The molecule has 2 N–H and O–H groups in total. The van der Waals surface area contributed by atoms with E-state index in [1.54, 1.807) is 12.1 Å². The van der Waals surface area contributed by atoms with Gasteiger partial charge in [-0.2, -0.15) is 0 Å². The van der Waals surface area contributed by atoms with Gasteiger partial charge in [0.05, 0.1) is 39.5 Å². The van der Waals surface area contributed by atoms with Gasteiger partial charge in [0, 0.05) is 0 Å². The van der Waals surface area contributed by atoms with Crippen molar-refractivity contribution < 1.29 is 24.1 Å². The molecule has 0 fully saturated rings. The van der Waals surface area contributed by atoms with Gasteiger partial charge < -0.3 is 24.6 Å². The lowest BCUT2D eigenvalue weighted by Crippen LogP contribution is -2.41. The van der Waals surface area contributed by atoms with E-state index in [9.17, 15) is 9.90 Å². The fraction of sp³-hybridized carbons (Fsp3) is 0.533. The van der Waals surface area contributed by atoms with E-state index in [0.29, 0.717) is 22.8 Å². The van der Waals surface area contributed by atoms with Gasteiger partial charge in [0.25, 0.3) is 5.91 Å². The minimum atomic E-state index is -0.333. The first kappa shape index (κ1) is 17.1. The van der Waals surface area contributed by atoms with Crippen molar-refractivity contribution in [2.24, 2.45) is 5.92 Å². The summed E-state index contributed by atoms with van der Waals surface area (Å²) in [5.74, 6) is 0.923.